The van der Waals surface area contributed by atoms with E-state index >= 15 is 0 Å². The molecular formula is C25H38N6O5. The fraction of sp³-hybridized carbons (Fsp3) is 0.680. The first-order valence-electron chi connectivity index (χ1n) is 13.1. The van der Waals surface area contributed by atoms with Gasteiger partial charge in [-0.15, -0.1) is 0 Å². The molecule has 4 atom stereocenters. The van der Waals surface area contributed by atoms with Gasteiger partial charge < -0.3 is 29.9 Å². The lowest BCUT2D eigenvalue weighted by Crippen LogP contribution is -2.35. The summed E-state index contributed by atoms with van der Waals surface area (Å²) in [6, 6.07) is 0. The van der Waals surface area contributed by atoms with Crippen molar-refractivity contribution < 1.29 is 24.9 Å². The molecule has 0 saturated carbocycles. The zero-order valence-corrected chi connectivity index (χ0v) is 21.1. The topological polar surface area (TPSA) is 145 Å². The van der Waals surface area contributed by atoms with Gasteiger partial charge in [-0.1, -0.05) is 58.3 Å². The first-order chi connectivity index (χ1) is 17.5. The molecule has 4 rings (SSSR count). The minimum absolute atomic E-state index is 0.112. The average molecular weight is 503 g/mol. The van der Waals surface area contributed by atoms with E-state index in [1.54, 1.807) is 22.8 Å². The Kier molecular flexibility index (Phi) is 8.89. The minimum Gasteiger partial charge on any atom is -0.394 e. The highest BCUT2D eigenvalue weighted by Crippen LogP contribution is 2.37. The van der Waals surface area contributed by atoms with Gasteiger partial charge in [0.25, 0.3) is 0 Å². The van der Waals surface area contributed by atoms with Crippen LogP contribution in [0.2, 0.25) is 0 Å². The number of aromatic nitrogens is 3. The van der Waals surface area contributed by atoms with E-state index in [9.17, 15) is 20.1 Å². The Morgan fingerprint density at radius 3 is 2.42 bits per heavy atom. The zero-order valence-electron chi connectivity index (χ0n) is 21.1. The fourth-order valence-corrected chi connectivity index (χ4v) is 4.93. The van der Waals surface area contributed by atoms with E-state index in [1.165, 1.54) is 44.9 Å². The van der Waals surface area contributed by atoms with Crippen LogP contribution in [0.1, 0.15) is 82.9 Å². The van der Waals surface area contributed by atoms with Gasteiger partial charge in [-0.25, -0.2) is 15.0 Å². The van der Waals surface area contributed by atoms with Gasteiger partial charge in [-0.2, -0.15) is 5.10 Å². The van der Waals surface area contributed by atoms with Crippen LogP contribution in [0.5, 0.6) is 0 Å². The number of carbonyl (C=O) groups excluding carboxylic acids is 1. The number of amidine groups is 1. The van der Waals surface area contributed by atoms with Crippen molar-refractivity contribution in [2.45, 2.75) is 95.7 Å². The number of ether oxygens (including phenoxy) is 1. The first kappa shape index (κ1) is 26.5. The van der Waals surface area contributed by atoms with Crippen LogP contribution in [-0.2, 0) is 9.53 Å². The molecule has 0 radical (unpaired) electrons. The first-order valence-corrected chi connectivity index (χ1v) is 13.1. The number of amides is 1. The van der Waals surface area contributed by atoms with Gasteiger partial charge in [0.15, 0.2) is 17.9 Å². The van der Waals surface area contributed by atoms with Gasteiger partial charge in [-0.3, -0.25) is 4.79 Å². The molecule has 1 fully saturated rings. The molecule has 2 aliphatic rings. The third kappa shape index (κ3) is 5.54. The van der Waals surface area contributed by atoms with E-state index in [2.05, 4.69) is 27.3 Å². The summed E-state index contributed by atoms with van der Waals surface area (Å²) in [5.41, 5.74) is 1.08. The van der Waals surface area contributed by atoms with E-state index in [4.69, 9.17) is 4.74 Å². The van der Waals surface area contributed by atoms with E-state index in [0.717, 1.165) is 19.3 Å². The van der Waals surface area contributed by atoms with Crippen molar-refractivity contribution in [3.05, 3.63) is 18.1 Å². The minimum atomic E-state index is -1.26. The monoisotopic (exact) mass is 502 g/mol. The molecule has 0 aliphatic carbocycles. The standard InChI is InChI=1S/C25H38N6O5/c1-3-4-5-6-7-8-9-10-11-12-18(33)28-22-16-13-31(25-21(35)20(34)17(14-32)36-25)24-19(16)23(26-15-27-24)30(2)29-22/h13,15,17,20-21,25,32,34-35H,3-12,14H2,1-2H3,(H,28,29,33)/t17-,20-,21-,25-/m1/s1. The highest BCUT2D eigenvalue weighted by atomic mass is 16.6. The molecule has 0 spiro atoms. The van der Waals surface area contributed by atoms with Gasteiger partial charge in [0.1, 0.15) is 30.3 Å². The van der Waals surface area contributed by atoms with Crippen molar-refractivity contribution >= 4 is 28.6 Å². The molecule has 1 saturated heterocycles. The summed E-state index contributed by atoms with van der Waals surface area (Å²) < 4.78 is 7.31. The molecule has 2 aromatic rings. The molecular weight excluding hydrogens is 464 g/mol. The second-order valence-electron chi connectivity index (χ2n) is 9.67. The number of rotatable bonds is 12. The predicted octanol–water partition coefficient (Wildman–Crippen LogP) is 2.19. The second-order valence-corrected chi connectivity index (χ2v) is 9.67. The van der Waals surface area contributed by atoms with Crippen molar-refractivity contribution in [3.8, 4) is 0 Å². The van der Waals surface area contributed by atoms with Crippen LogP contribution in [-0.4, -0.2) is 73.6 Å². The van der Waals surface area contributed by atoms with E-state index in [0.29, 0.717) is 34.7 Å². The average Bonchev–Trinajstić information content (AvgIpc) is 3.39. The Bertz CT molecular complexity index is 1070. The van der Waals surface area contributed by atoms with Crippen molar-refractivity contribution in [1.29, 1.82) is 0 Å². The van der Waals surface area contributed by atoms with Gasteiger partial charge in [-0.05, 0) is 6.42 Å². The quantitative estimate of drug-likeness (QED) is 0.323. The van der Waals surface area contributed by atoms with Crippen LogP contribution in [0.3, 0.4) is 0 Å². The second kappa shape index (κ2) is 12.1. The van der Waals surface area contributed by atoms with Crippen molar-refractivity contribution in [3.63, 3.8) is 0 Å². The van der Waals surface area contributed by atoms with Crippen LogP contribution in [0.15, 0.2) is 17.6 Å². The van der Waals surface area contributed by atoms with E-state index in [-0.39, 0.29) is 5.91 Å². The Morgan fingerprint density at radius 1 is 1.06 bits per heavy atom. The predicted molar refractivity (Wildman–Crippen MR) is 135 cm³/mol. The number of hydrogen-bond donors (Lipinski definition) is 4. The van der Waals surface area contributed by atoms with Gasteiger partial charge in [0, 0.05) is 19.7 Å². The van der Waals surface area contributed by atoms with Crippen molar-refractivity contribution in [2.24, 2.45) is 5.10 Å². The molecule has 0 bridgehead atoms. The molecule has 11 heteroatoms. The van der Waals surface area contributed by atoms with Crippen LogP contribution in [0.25, 0.3) is 11.0 Å². The van der Waals surface area contributed by atoms with E-state index < -0.39 is 31.1 Å². The lowest BCUT2D eigenvalue weighted by atomic mass is 10.1. The molecule has 4 N–H and O–H groups in total. The molecule has 0 aromatic carbocycles. The number of nitrogens with one attached hydrogen (secondary N) is 1. The summed E-state index contributed by atoms with van der Waals surface area (Å²) in [7, 11) is 1.74. The van der Waals surface area contributed by atoms with Gasteiger partial charge in [0.2, 0.25) is 5.91 Å². The maximum absolute atomic E-state index is 12.7. The number of carbonyl (C=O) groups is 1. The summed E-state index contributed by atoms with van der Waals surface area (Å²) in [6.07, 6.45) is 9.76. The molecule has 36 heavy (non-hydrogen) atoms. The molecule has 0 unspecified atom stereocenters. The molecule has 4 heterocycles. The maximum atomic E-state index is 12.7. The maximum Gasteiger partial charge on any atom is 0.225 e. The van der Waals surface area contributed by atoms with Gasteiger partial charge >= 0.3 is 0 Å². The van der Waals surface area contributed by atoms with Crippen molar-refractivity contribution in [2.75, 3.05) is 18.7 Å². The molecule has 11 nitrogen and oxygen atoms in total. The number of aliphatic hydroxyl groups excluding tert-OH is 3. The SMILES string of the molecule is CCCCCCCCCCCC(=O)NC1=NN(C)c2ncnc3c2c1cn3[C@@H]1O[C@H](CO)[C@@H](O)[C@H]1O. The molecule has 2 aromatic heterocycles. The summed E-state index contributed by atoms with van der Waals surface area (Å²) >= 11 is 0. The zero-order chi connectivity index (χ0) is 25.7. The number of nitrogens with zero attached hydrogens (tertiary/aromatic N) is 5. The summed E-state index contributed by atoms with van der Waals surface area (Å²) in [6.45, 7) is 1.80. The highest BCUT2D eigenvalue weighted by molar-refractivity contribution is 6.18. The smallest absolute Gasteiger partial charge is 0.225 e. The summed E-state index contributed by atoms with van der Waals surface area (Å²) in [5, 5.41) is 39.9. The van der Waals surface area contributed by atoms with Crippen LogP contribution in [0.4, 0.5) is 5.82 Å². The third-order valence-electron chi connectivity index (χ3n) is 6.96. The molecule has 2 aliphatic heterocycles. The van der Waals surface area contributed by atoms with Crippen molar-refractivity contribution in [1.82, 2.24) is 19.9 Å². The highest BCUT2D eigenvalue weighted by Gasteiger charge is 2.44. The number of hydrazone groups is 1. The Morgan fingerprint density at radius 2 is 1.75 bits per heavy atom. The van der Waals surface area contributed by atoms with Gasteiger partial charge in [0.05, 0.1) is 17.6 Å². The number of hydrogen-bond acceptors (Lipinski definition) is 9. The summed E-state index contributed by atoms with van der Waals surface area (Å²) in [5.74, 6) is 0.813. The van der Waals surface area contributed by atoms with Crippen LogP contribution < -0.4 is 10.3 Å². The molecule has 1 amide bonds. The number of unbranched alkanes of at least 4 members (excludes halogenated alkanes) is 8. The third-order valence-corrected chi connectivity index (χ3v) is 6.96. The lowest BCUT2D eigenvalue weighted by molar-refractivity contribution is -0.119. The fourth-order valence-electron chi connectivity index (χ4n) is 4.93. The molecule has 198 valence electrons. The number of aliphatic hydroxyl groups is 3. The summed E-state index contributed by atoms with van der Waals surface area (Å²) in [4.78, 5) is 21.4. The van der Waals surface area contributed by atoms with Crippen LogP contribution in [0, 0.1) is 0 Å². The Labute approximate surface area is 211 Å². The van der Waals surface area contributed by atoms with E-state index in [1.807, 2.05) is 0 Å². The number of anilines is 1. The van der Waals surface area contributed by atoms with Crippen LogP contribution >= 0.6 is 0 Å². The lowest BCUT2D eigenvalue weighted by Gasteiger charge is -2.21. The largest absolute Gasteiger partial charge is 0.394 e. The Hall–Kier alpha value is -2.60. The Balaban J connectivity index is 1.41. The normalized spacial score (nSPS) is 23.4.